The fraction of sp³-hybridized carbons (Fsp3) is 0.625. The van der Waals surface area contributed by atoms with Crippen LogP contribution in [0.25, 0.3) is 0 Å². The zero-order valence-corrected chi connectivity index (χ0v) is 15.2. The zero-order valence-electron chi connectivity index (χ0n) is 13.5. The molecule has 140 valence electrons. The molecule has 2 rings (SSSR count). The molecule has 0 aliphatic carbocycles. The lowest BCUT2D eigenvalue weighted by atomic mass is 9.96. The molecule has 0 aromatic heterocycles. The molecule has 1 saturated heterocycles. The van der Waals surface area contributed by atoms with Gasteiger partial charge in [-0.15, -0.1) is 24.8 Å². The third-order valence-electron chi connectivity index (χ3n) is 4.06. The average molecular weight is 391 g/mol. The van der Waals surface area contributed by atoms with Crippen molar-refractivity contribution in [1.29, 1.82) is 0 Å². The number of rotatable bonds is 5. The Labute approximate surface area is 152 Å². The van der Waals surface area contributed by atoms with E-state index < -0.39 is 17.6 Å². The number of hydrogen-bond acceptors (Lipinski definition) is 2. The monoisotopic (exact) mass is 390 g/mol. The van der Waals surface area contributed by atoms with Crippen LogP contribution in [0.5, 0.6) is 0 Å². The van der Waals surface area contributed by atoms with Crippen LogP contribution in [0.15, 0.2) is 18.2 Å². The third-order valence-corrected chi connectivity index (χ3v) is 4.06. The highest BCUT2D eigenvalue weighted by Crippen LogP contribution is 2.34. The van der Waals surface area contributed by atoms with Gasteiger partial charge in [-0.2, -0.15) is 13.2 Å². The summed E-state index contributed by atoms with van der Waals surface area (Å²) in [5.74, 6) is -0.818. The van der Waals surface area contributed by atoms with Crippen molar-refractivity contribution in [2.24, 2.45) is 0 Å². The number of nitrogens with zero attached hydrogens (tertiary/aromatic N) is 1. The maximum atomic E-state index is 13.7. The van der Waals surface area contributed by atoms with E-state index in [-0.39, 0.29) is 30.9 Å². The first kappa shape index (κ1) is 23.4. The number of alkyl halides is 3. The van der Waals surface area contributed by atoms with Gasteiger partial charge in [-0.3, -0.25) is 4.90 Å². The molecule has 1 fully saturated rings. The second-order valence-electron chi connectivity index (χ2n) is 5.71. The summed E-state index contributed by atoms with van der Waals surface area (Å²) in [6.45, 7) is 5.20. The van der Waals surface area contributed by atoms with Crippen molar-refractivity contribution >= 4 is 24.8 Å². The van der Waals surface area contributed by atoms with Crippen molar-refractivity contribution in [3.05, 3.63) is 35.1 Å². The highest BCUT2D eigenvalue weighted by atomic mass is 35.5. The summed E-state index contributed by atoms with van der Waals surface area (Å²) in [5, 5.41) is 3.23. The van der Waals surface area contributed by atoms with Gasteiger partial charge in [0.25, 0.3) is 0 Å². The van der Waals surface area contributed by atoms with E-state index in [1.54, 1.807) is 0 Å². The summed E-state index contributed by atoms with van der Waals surface area (Å²) in [5.41, 5.74) is -0.471. The smallest absolute Gasteiger partial charge is 0.314 e. The van der Waals surface area contributed by atoms with E-state index in [9.17, 15) is 17.6 Å². The zero-order chi connectivity index (χ0) is 16.2. The van der Waals surface area contributed by atoms with E-state index in [4.69, 9.17) is 0 Å². The summed E-state index contributed by atoms with van der Waals surface area (Å²) < 4.78 is 52.4. The van der Waals surface area contributed by atoms with Gasteiger partial charge in [0.05, 0.1) is 5.56 Å². The number of unbranched alkanes of at least 4 members (excludes halogenated alkanes) is 1. The lowest BCUT2D eigenvalue weighted by Gasteiger charge is -2.35. The number of benzene rings is 1. The second kappa shape index (κ2) is 10.4. The maximum Gasteiger partial charge on any atom is 0.416 e. The Morgan fingerprint density at radius 3 is 2.29 bits per heavy atom. The molecule has 0 spiro atoms. The molecule has 0 bridgehead atoms. The van der Waals surface area contributed by atoms with Gasteiger partial charge in [0.2, 0.25) is 0 Å². The van der Waals surface area contributed by atoms with Crippen LogP contribution < -0.4 is 5.32 Å². The Morgan fingerprint density at radius 2 is 1.75 bits per heavy atom. The molecular weight excluding hydrogens is 367 g/mol. The van der Waals surface area contributed by atoms with Gasteiger partial charge >= 0.3 is 6.18 Å². The number of halogens is 6. The number of piperazine rings is 1. The van der Waals surface area contributed by atoms with Gasteiger partial charge in [0.1, 0.15) is 5.82 Å². The fourth-order valence-electron chi connectivity index (χ4n) is 2.92. The molecule has 0 saturated carbocycles. The quantitative estimate of drug-likeness (QED) is 0.724. The molecule has 2 nitrogen and oxygen atoms in total. The molecule has 1 aromatic carbocycles. The normalized spacial score (nSPS) is 16.9. The predicted octanol–water partition coefficient (Wildman–Crippen LogP) is 4.82. The number of nitrogens with one attached hydrogen (secondary N) is 1. The van der Waals surface area contributed by atoms with Crippen molar-refractivity contribution in [3.8, 4) is 0 Å². The first-order valence-corrected chi connectivity index (χ1v) is 7.74. The first-order chi connectivity index (χ1) is 10.4. The van der Waals surface area contributed by atoms with Crippen LogP contribution in [0.2, 0.25) is 0 Å². The van der Waals surface area contributed by atoms with Crippen LogP contribution in [-0.2, 0) is 6.18 Å². The van der Waals surface area contributed by atoms with E-state index >= 15 is 0 Å². The van der Waals surface area contributed by atoms with Gasteiger partial charge in [-0.25, -0.2) is 4.39 Å². The predicted molar refractivity (Wildman–Crippen MR) is 92.6 cm³/mol. The van der Waals surface area contributed by atoms with Crippen LogP contribution in [-0.4, -0.2) is 31.1 Å². The van der Waals surface area contributed by atoms with E-state index in [2.05, 4.69) is 10.2 Å². The molecule has 1 aliphatic rings. The number of hydrogen-bond donors (Lipinski definition) is 1. The van der Waals surface area contributed by atoms with Gasteiger partial charge in [-0.1, -0.05) is 19.8 Å². The average Bonchev–Trinajstić information content (AvgIpc) is 2.47. The summed E-state index contributed by atoms with van der Waals surface area (Å²) in [7, 11) is 0. The standard InChI is InChI=1S/C16H22F4N2.2ClH/c1-2-3-4-15(22-7-5-21-6-8-22)12-9-13(16(18,19)20)11-14(17)10-12;;/h9-11,15,21H,2-8H2,1H3;2*1H/t15-;;/m1../s1. The lowest BCUT2D eigenvalue weighted by molar-refractivity contribution is -0.137. The highest BCUT2D eigenvalue weighted by Gasteiger charge is 2.32. The minimum Gasteiger partial charge on any atom is -0.314 e. The van der Waals surface area contributed by atoms with E-state index in [1.807, 2.05) is 6.92 Å². The minimum absolute atomic E-state index is 0. The largest absolute Gasteiger partial charge is 0.416 e. The van der Waals surface area contributed by atoms with E-state index in [0.717, 1.165) is 51.5 Å². The molecule has 1 aliphatic heterocycles. The van der Waals surface area contributed by atoms with Gasteiger partial charge in [-0.05, 0) is 30.2 Å². The summed E-state index contributed by atoms with van der Waals surface area (Å²) in [6.07, 6.45) is -1.90. The molecular formula is C16H24Cl2F4N2. The van der Waals surface area contributed by atoms with Crippen molar-refractivity contribution in [1.82, 2.24) is 10.2 Å². The van der Waals surface area contributed by atoms with Gasteiger partial charge in [0.15, 0.2) is 0 Å². The van der Waals surface area contributed by atoms with Crippen molar-refractivity contribution in [2.75, 3.05) is 26.2 Å². The second-order valence-corrected chi connectivity index (χ2v) is 5.71. The summed E-state index contributed by atoms with van der Waals surface area (Å²) in [6, 6.07) is 2.76. The third kappa shape index (κ3) is 6.39. The molecule has 8 heteroatoms. The molecule has 0 unspecified atom stereocenters. The Kier molecular flexibility index (Phi) is 10.2. The van der Waals surface area contributed by atoms with Crippen LogP contribution >= 0.6 is 24.8 Å². The molecule has 0 radical (unpaired) electrons. The van der Waals surface area contributed by atoms with Crippen LogP contribution in [0.3, 0.4) is 0 Å². The Morgan fingerprint density at radius 1 is 1.12 bits per heavy atom. The highest BCUT2D eigenvalue weighted by molar-refractivity contribution is 5.85. The Balaban J connectivity index is 0.00000264. The van der Waals surface area contributed by atoms with Crippen LogP contribution in [0.4, 0.5) is 17.6 Å². The molecule has 1 N–H and O–H groups in total. The van der Waals surface area contributed by atoms with Gasteiger partial charge < -0.3 is 5.32 Å². The minimum atomic E-state index is -4.52. The summed E-state index contributed by atoms with van der Waals surface area (Å²) >= 11 is 0. The van der Waals surface area contributed by atoms with Crippen LogP contribution in [0.1, 0.15) is 43.4 Å². The molecule has 24 heavy (non-hydrogen) atoms. The van der Waals surface area contributed by atoms with E-state index in [0.29, 0.717) is 11.6 Å². The van der Waals surface area contributed by atoms with Gasteiger partial charge in [0, 0.05) is 32.2 Å². The lowest BCUT2D eigenvalue weighted by Crippen LogP contribution is -2.45. The molecule has 1 atom stereocenters. The molecule has 1 aromatic rings. The van der Waals surface area contributed by atoms with E-state index in [1.165, 1.54) is 6.07 Å². The Bertz CT molecular complexity index is 491. The first-order valence-electron chi connectivity index (χ1n) is 7.74. The topological polar surface area (TPSA) is 15.3 Å². The molecule has 0 amide bonds. The van der Waals surface area contributed by atoms with Crippen molar-refractivity contribution in [3.63, 3.8) is 0 Å². The molecule has 1 heterocycles. The van der Waals surface area contributed by atoms with Crippen molar-refractivity contribution < 1.29 is 17.6 Å². The fourth-order valence-corrected chi connectivity index (χ4v) is 2.92. The van der Waals surface area contributed by atoms with Crippen molar-refractivity contribution in [2.45, 2.75) is 38.4 Å². The summed E-state index contributed by atoms with van der Waals surface area (Å²) in [4.78, 5) is 2.15. The Hall–Kier alpha value is -0.560. The maximum absolute atomic E-state index is 13.7. The SMILES string of the molecule is CCCC[C@H](c1cc(F)cc(C(F)(F)F)c1)N1CCNCC1.Cl.Cl. The van der Waals surface area contributed by atoms with Crippen LogP contribution in [0, 0.1) is 5.82 Å².